The van der Waals surface area contributed by atoms with E-state index in [1.807, 2.05) is 12.1 Å². The van der Waals surface area contributed by atoms with Gasteiger partial charge in [0.25, 0.3) is 0 Å². The van der Waals surface area contributed by atoms with Crippen LogP contribution in [0.4, 0.5) is 0 Å². The van der Waals surface area contributed by atoms with Crippen LogP contribution in [0.25, 0.3) is 0 Å². The molecule has 0 heterocycles. The Hall–Kier alpha value is -1.11. The van der Waals surface area contributed by atoms with Gasteiger partial charge in [0.1, 0.15) is 5.78 Å². The Morgan fingerprint density at radius 3 is 2.37 bits per heavy atom. The van der Waals surface area contributed by atoms with Crippen LogP contribution >= 0.6 is 0 Å². The number of benzene rings is 1. The van der Waals surface area contributed by atoms with Crippen LogP contribution in [0.15, 0.2) is 24.3 Å². The van der Waals surface area contributed by atoms with Gasteiger partial charge in [0.2, 0.25) is 0 Å². The molecule has 0 N–H and O–H groups in total. The van der Waals surface area contributed by atoms with E-state index >= 15 is 0 Å². The molecule has 0 amide bonds. The van der Waals surface area contributed by atoms with Crippen molar-refractivity contribution in [3.63, 3.8) is 0 Å². The topological polar surface area (TPSA) is 17.1 Å². The molecule has 0 aliphatic heterocycles. The Balaban J connectivity index is 1.90. The molecule has 1 aromatic carbocycles. The summed E-state index contributed by atoms with van der Waals surface area (Å²) in [5, 5.41) is 0. The zero-order valence-electron chi connectivity index (χ0n) is 12.5. The average molecular weight is 258 g/mol. The molecule has 104 valence electrons. The standard InChI is InChI=1S/C18H26O/c1-13(2)15-8-10-16(11-9-15)18(19)12-17-7-5-4-6-14(17)3/h4-7,13,15-16H,8-12H2,1-3H3. The van der Waals surface area contributed by atoms with E-state index in [9.17, 15) is 4.79 Å². The Labute approximate surface area is 117 Å². The molecule has 2 rings (SSSR count). The van der Waals surface area contributed by atoms with E-state index < -0.39 is 0 Å². The van der Waals surface area contributed by atoms with Crippen LogP contribution in [0.1, 0.15) is 50.7 Å². The van der Waals surface area contributed by atoms with Crippen molar-refractivity contribution in [1.82, 2.24) is 0 Å². The molecule has 1 nitrogen and oxygen atoms in total. The van der Waals surface area contributed by atoms with Crippen molar-refractivity contribution >= 4 is 5.78 Å². The Kier molecular flexibility index (Phi) is 4.79. The van der Waals surface area contributed by atoms with Gasteiger partial charge in [-0.25, -0.2) is 0 Å². The van der Waals surface area contributed by atoms with Crippen LogP contribution in [-0.4, -0.2) is 5.78 Å². The number of carbonyl (C=O) groups excluding carboxylic acids is 1. The molecule has 1 aliphatic carbocycles. The number of Topliss-reactive ketones (excluding diaryl/α,β-unsaturated/α-hetero) is 1. The first kappa shape index (κ1) is 14.3. The first-order valence-electron chi connectivity index (χ1n) is 7.65. The maximum atomic E-state index is 12.4. The molecule has 19 heavy (non-hydrogen) atoms. The summed E-state index contributed by atoms with van der Waals surface area (Å²) in [7, 11) is 0. The third kappa shape index (κ3) is 3.68. The Bertz CT molecular complexity index is 425. The number of hydrogen-bond acceptors (Lipinski definition) is 1. The van der Waals surface area contributed by atoms with Gasteiger partial charge in [0.15, 0.2) is 0 Å². The van der Waals surface area contributed by atoms with Gasteiger partial charge in [-0.2, -0.15) is 0 Å². The van der Waals surface area contributed by atoms with Crippen LogP contribution in [-0.2, 0) is 11.2 Å². The van der Waals surface area contributed by atoms with Gasteiger partial charge in [0.05, 0.1) is 0 Å². The van der Waals surface area contributed by atoms with Crippen molar-refractivity contribution in [2.45, 2.75) is 52.9 Å². The van der Waals surface area contributed by atoms with Gasteiger partial charge in [-0.1, -0.05) is 38.1 Å². The third-order valence-corrected chi connectivity index (χ3v) is 4.80. The molecular weight excluding hydrogens is 232 g/mol. The predicted octanol–water partition coefficient (Wildman–Crippen LogP) is 4.57. The Morgan fingerprint density at radius 2 is 1.79 bits per heavy atom. The van der Waals surface area contributed by atoms with E-state index in [-0.39, 0.29) is 0 Å². The van der Waals surface area contributed by atoms with Gasteiger partial charge in [-0.15, -0.1) is 0 Å². The molecule has 1 fully saturated rings. The lowest BCUT2D eigenvalue weighted by Crippen LogP contribution is -2.25. The minimum absolute atomic E-state index is 0.314. The fraction of sp³-hybridized carbons (Fsp3) is 0.611. The first-order chi connectivity index (χ1) is 9.08. The van der Waals surface area contributed by atoms with Crippen LogP contribution in [0, 0.1) is 24.7 Å². The summed E-state index contributed by atoms with van der Waals surface area (Å²) in [6, 6.07) is 8.26. The molecule has 0 aromatic heterocycles. The fourth-order valence-corrected chi connectivity index (χ4v) is 3.25. The van der Waals surface area contributed by atoms with Gasteiger partial charge in [0, 0.05) is 12.3 Å². The molecular formula is C18H26O. The van der Waals surface area contributed by atoms with E-state index in [0.29, 0.717) is 18.1 Å². The van der Waals surface area contributed by atoms with Crippen LogP contribution in [0.2, 0.25) is 0 Å². The molecule has 0 spiro atoms. The van der Waals surface area contributed by atoms with Crippen LogP contribution in [0.3, 0.4) is 0 Å². The fourth-order valence-electron chi connectivity index (χ4n) is 3.25. The third-order valence-electron chi connectivity index (χ3n) is 4.80. The summed E-state index contributed by atoms with van der Waals surface area (Å²) >= 11 is 0. The monoisotopic (exact) mass is 258 g/mol. The largest absolute Gasteiger partial charge is 0.299 e. The molecule has 0 bridgehead atoms. The summed E-state index contributed by atoms with van der Waals surface area (Å²) < 4.78 is 0. The van der Waals surface area contributed by atoms with Crippen LogP contribution < -0.4 is 0 Å². The molecule has 1 aromatic rings. The summed E-state index contributed by atoms with van der Waals surface area (Å²) in [6.45, 7) is 6.71. The lowest BCUT2D eigenvalue weighted by atomic mass is 9.75. The van der Waals surface area contributed by atoms with E-state index in [0.717, 1.165) is 24.7 Å². The van der Waals surface area contributed by atoms with Crippen molar-refractivity contribution in [2.75, 3.05) is 0 Å². The molecule has 0 unspecified atom stereocenters. The molecule has 1 heteroatoms. The highest BCUT2D eigenvalue weighted by Gasteiger charge is 2.27. The van der Waals surface area contributed by atoms with Gasteiger partial charge < -0.3 is 0 Å². The van der Waals surface area contributed by atoms with Crippen molar-refractivity contribution in [2.24, 2.45) is 17.8 Å². The number of carbonyl (C=O) groups is 1. The number of rotatable bonds is 4. The lowest BCUT2D eigenvalue weighted by Gasteiger charge is -2.30. The molecule has 0 radical (unpaired) electrons. The highest BCUT2D eigenvalue weighted by molar-refractivity contribution is 5.83. The highest BCUT2D eigenvalue weighted by atomic mass is 16.1. The molecule has 1 saturated carbocycles. The second-order valence-corrected chi connectivity index (χ2v) is 6.43. The van der Waals surface area contributed by atoms with Gasteiger partial charge in [-0.05, 0) is 55.6 Å². The summed E-state index contributed by atoms with van der Waals surface area (Å²) in [4.78, 5) is 12.4. The lowest BCUT2D eigenvalue weighted by molar-refractivity contribution is -0.123. The minimum atomic E-state index is 0.314. The summed E-state index contributed by atoms with van der Waals surface area (Å²) in [5.74, 6) is 2.38. The van der Waals surface area contributed by atoms with Crippen molar-refractivity contribution in [1.29, 1.82) is 0 Å². The highest BCUT2D eigenvalue weighted by Crippen LogP contribution is 2.34. The minimum Gasteiger partial charge on any atom is -0.299 e. The number of ketones is 1. The van der Waals surface area contributed by atoms with E-state index in [4.69, 9.17) is 0 Å². The quantitative estimate of drug-likeness (QED) is 0.773. The van der Waals surface area contributed by atoms with Crippen LogP contribution in [0.5, 0.6) is 0 Å². The maximum Gasteiger partial charge on any atom is 0.140 e. The predicted molar refractivity (Wildman–Crippen MR) is 80.2 cm³/mol. The SMILES string of the molecule is Cc1ccccc1CC(=O)C1CCC(C(C)C)CC1. The molecule has 0 saturated heterocycles. The smallest absolute Gasteiger partial charge is 0.140 e. The molecule has 1 aliphatic rings. The van der Waals surface area contributed by atoms with E-state index in [1.165, 1.54) is 24.0 Å². The van der Waals surface area contributed by atoms with Crippen molar-refractivity contribution in [3.8, 4) is 0 Å². The second kappa shape index (κ2) is 6.36. The first-order valence-corrected chi connectivity index (χ1v) is 7.65. The van der Waals surface area contributed by atoms with E-state index in [1.54, 1.807) is 0 Å². The number of hydrogen-bond donors (Lipinski definition) is 0. The maximum absolute atomic E-state index is 12.4. The average Bonchev–Trinajstić information content (AvgIpc) is 2.41. The van der Waals surface area contributed by atoms with E-state index in [2.05, 4.69) is 32.9 Å². The van der Waals surface area contributed by atoms with Crippen molar-refractivity contribution in [3.05, 3.63) is 35.4 Å². The van der Waals surface area contributed by atoms with Gasteiger partial charge in [-0.3, -0.25) is 4.79 Å². The number of aryl methyl sites for hydroxylation is 1. The zero-order chi connectivity index (χ0) is 13.8. The molecule has 0 atom stereocenters. The Morgan fingerprint density at radius 1 is 1.16 bits per heavy atom. The summed E-state index contributed by atoms with van der Waals surface area (Å²) in [5.41, 5.74) is 2.45. The van der Waals surface area contributed by atoms with Crippen molar-refractivity contribution < 1.29 is 4.79 Å². The second-order valence-electron chi connectivity index (χ2n) is 6.43. The van der Waals surface area contributed by atoms with Gasteiger partial charge >= 0.3 is 0 Å². The zero-order valence-corrected chi connectivity index (χ0v) is 12.5. The summed E-state index contributed by atoms with van der Waals surface area (Å²) in [6.07, 6.45) is 5.31. The normalized spacial score (nSPS) is 23.6.